The molecule has 2 aromatic heterocycles. The molecule has 0 atom stereocenters. The number of hydrogen-bond acceptors (Lipinski definition) is 10. The van der Waals surface area contributed by atoms with E-state index in [0.29, 0.717) is 39.0 Å². The molecule has 1 aliphatic heterocycles. The molecule has 1 saturated heterocycles. The maximum atomic E-state index is 12.7. The molecule has 3 heterocycles. The van der Waals surface area contributed by atoms with E-state index in [4.69, 9.17) is 16.3 Å². The van der Waals surface area contributed by atoms with E-state index in [-0.39, 0.29) is 11.9 Å². The second-order valence-electron chi connectivity index (χ2n) is 8.37. The van der Waals surface area contributed by atoms with Gasteiger partial charge < -0.3 is 20.3 Å². The van der Waals surface area contributed by atoms with Crippen LogP contribution in [0, 0.1) is 13.8 Å². The number of carbonyl (C=O) groups is 2. The molecule has 1 aliphatic rings. The van der Waals surface area contributed by atoms with Gasteiger partial charge in [0.25, 0.3) is 5.91 Å². The fraction of sp³-hybridized carbons (Fsp3) is 0.375. The number of halogens is 1. The number of aromatic nitrogens is 3. The number of para-hydroxylation sites is 1. The molecule has 10 nitrogen and oxygen atoms in total. The Labute approximate surface area is 218 Å². The molecule has 0 radical (unpaired) electrons. The lowest BCUT2D eigenvalue weighted by atomic mass is 10.2. The van der Waals surface area contributed by atoms with Crippen molar-refractivity contribution in [1.29, 1.82) is 0 Å². The van der Waals surface area contributed by atoms with Crippen LogP contribution in [-0.2, 0) is 9.53 Å². The van der Waals surface area contributed by atoms with Crippen molar-refractivity contribution in [2.75, 3.05) is 54.9 Å². The quantitative estimate of drug-likeness (QED) is 0.419. The number of carbonyl (C=O) groups excluding carboxylic acids is 2. The second-order valence-corrected chi connectivity index (χ2v) is 9.81. The first-order valence-corrected chi connectivity index (χ1v) is 12.7. The molecule has 0 saturated carbocycles. The first-order chi connectivity index (χ1) is 17.3. The van der Waals surface area contributed by atoms with Gasteiger partial charge in [-0.3, -0.25) is 14.5 Å². The normalized spacial score (nSPS) is 13.9. The summed E-state index contributed by atoms with van der Waals surface area (Å²) in [5, 5.41) is 7.10. The van der Waals surface area contributed by atoms with Gasteiger partial charge in [-0.1, -0.05) is 35.1 Å². The number of amides is 1. The van der Waals surface area contributed by atoms with Crippen molar-refractivity contribution in [3.05, 3.63) is 51.7 Å². The van der Waals surface area contributed by atoms with E-state index in [2.05, 4.69) is 35.4 Å². The van der Waals surface area contributed by atoms with E-state index in [1.807, 2.05) is 32.0 Å². The summed E-state index contributed by atoms with van der Waals surface area (Å²) in [7, 11) is 0. The van der Waals surface area contributed by atoms with Gasteiger partial charge in [-0.2, -0.15) is 0 Å². The molecule has 1 fully saturated rings. The van der Waals surface area contributed by atoms with E-state index < -0.39 is 0 Å². The number of benzene rings is 1. The third kappa shape index (κ3) is 6.68. The van der Waals surface area contributed by atoms with Gasteiger partial charge in [-0.25, -0.2) is 15.0 Å². The predicted octanol–water partition coefficient (Wildman–Crippen LogP) is 3.88. The van der Waals surface area contributed by atoms with E-state index in [1.54, 1.807) is 6.07 Å². The van der Waals surface area contributed by atoms with Crippen LogP contribution in [0.15, 0.2) is 30.5 Å². The maximum absolute atomic E-state index is 12.7. The molecular formula is C24H28ClN7O3S. The van der Waals surface area contributed by atoms with Crippen LogP contribution >= 0.6 is 22.9 Å². The zero-order valence-corrected chi connectivity index (χ0v) is 21.9. The summed E-state index contributed by atoms with van der Waals surface area (Å²) in [6, 6.07) is 7.35. The van der Waals surface area contributed by atoms with Crippen molar-refractivity contribution in [3.8, 4) is 0 Å². The Hall–Kier alpha value is -3.28. The lowest BCUT2D eigenvalue weighted by molar-refractivity contribution is -0.141. The number of esters is 1. The molecule has 0 spiro atoms. The second kappa shape index (κ2) is 11.6. The Bertz CT molecular complexity index is 1220. The number of rotatable bonds is 8. The number of nitrogens with zero attached hydrogens (tertiary/aromatic N) is 5. The summed E-state index contributed by atoms with van der Waals surface area (Å²) in [6.45, 7) is 9.59. The van der Waals surface area contributed by atoms with Crippen molar-refractivity contribution in [2.45, 2.75) is 20.8 Å². The summed E-state index contributed by atoms with van der Waals surface area (Å²) in [4.78, 5) is 42.0. The summed E-state index contributed by atoms with van der Waals surface area (Å²) in [6.07, 6.45) is 1.53. The Morgan fingerprint density at radius 1 is 1.17 bits per heavy atom. The maximum Gasteiger partial charge on any atom is 0.302 e. The average Bonchev–Trinajstić information content (AvgIpc) is 3.30. The minimum atomic E-state index is -0.275. The van der Waals surface area contributed by atoms with Gasteiger partial charge in [0.2, 0.25) is 0 Å². The number of ether oxygens (including phenoxy) is 1. The van der Waals surface area contributed by atoms with Gasteiger partial charge in [0.05, 0.1) is 16.9 Å². The van der Waals surface area contributed by atoms with Crippen LogP contribution < -0.4 is 15.5 Å². The fourth-order valence-corrected chi connectivity index (χ4v) is 4.80. The number of nitrogens with one attached hydrogen (secondary N) is 2. The standard InChI is InChI=1S/C24H28ClN7O3S/c1-15-5-4-6-18(25)22(15)30-23(34)19-14-26-24(36-19)29-20-13-21(28-16(2)27-20)32-9-7-31(8-10-32)11-12-35-17(3)33/h4-6,13-14H,7-12H2,1-3H3,(H,30,34)(H,26,27,28,29). The topological polar surface area (TPSA) is 113 Å². The first-order valence-electron chi connectivity index (χ1n) is 11.5. The van der Waals surface area contributed by atoms with Gasteiger partial charge in [0.1, 0.15) is 28.9 Å². The van der Waals surface area contributed by atoms with Gasteiger partial charge in [0.15, 0.2) is 5.13 Å². The SMILES string of the molecule is CC(=O)OCCN1CCN(c2cc(Nc3ncc(C(=O)Nc4c(C)cccc4Cl)s3)nc(C)n2)CC1. The lowest BCUT2D eigenvalue weighted by Crippen LogP contribution is -2.47. The number of aryl methyl sites for hydroxylation is 2. The zero-order valence-electron chi connectivity index (χ0n) is 20.4. The third-order valence-corrected chi connectivity index (χ3v) is 6.89. The van der Waals surface area contributed by atoms with Gasteiger partial charge >= 0.3 is 5.97 Å². The minimum absolute atomic E-state index is 0.256. The molecule has 12 heteroatoms. The van der Waals surface area contributed by atoms with E-state index >= 15 is 0 Å². The van der Waals surface area contributed by atoms with Crippen LogP contribution in [0.3, 0.4) is 0 Å². The van der Waals surface area contributed by atoms with Crippen LogP contribution in [0.5, 0.6) is 0 Å². The van der Waals surface area contributed by atoms with E-state index in [1.165, 1.54) is 24.5 Å². The van der Waals surface area contributed by atoms with E-state index in [9.17, 15) is 9.59 Å². The van der Waals surface area contributed by atoms with Crippen molar-refractivity contribution in [2.24, 2.45) is 0 Å². The van der Waals surface area contributed by atoms with Crippen molar-refractivity contribution < 1.29 is 14.3 Å². The van der Waals surface area contributed by atoms with Gasteiger partial charge in [0, 0.05) is 45.7 Å². The van der Waals surface area contributed by atoms with Gasteiger partial charge in [-0.05, 0) is 25.5 Å². The molecule has 3 aromatic rings. The molecule has 1 amide bonds. The molecule has 1 aromatic carbocycles. The first kappa shape index (κ1) is 25.8. The highest BCUT2D eigenvalue weighted by Gasteiger charge is 2.20. The summed E-state index contributed by atoms with van der Waals surface area (Å²) in [5.74, 6) is 1.54. The molecular weight excluding hydrogens is 502 g/mol. The zero-order chi connectivity index (χ0) is 25.7. The fourth-order valence-electron chi connectivity index (χ4n) is 3.81. The molecule has 36 heavy (non-hydrogen) atoms. The van der Waals surface area contributed by atoms with Crippen LogP contribution in [0.4, 0.5) is 22.5 Å². The smallest absolute Gasteiger partial charge is 0.302 e. The van der Waals surface area contributed by atoms with Gasteiger partial charge in [-0.15, -0.1) is 0 Å². The predicted molar refractivity (Wildman–Crippen MR) is 142 cm³/mol. The molecule has 0 aliphatic carbocycles. The van der Waals surface area contributed by atoms with Crippen molar-refractivity contribution >= 4 is 57.3 Å². The Balaban J connectivity index is 1.37. The van der Waals surface area contributed by atoms with Crippen molar-refractivity contribution in [1.82, 2.24) is 19.9 Å². The summed E-state index contributed by atoms with van der Waals surface area (Å²) in [5.41, 5.74) is 1.47. The Kier molecular flexibility index (Phi) is 8.34. The molecule has 4 rings (SSSR count). The van der Waals surface area contributed by atoms with Crippen LogP contribution in [0.2, 0.25) is 5.02 Å². The highest BCUT2D eigenvalue weighted by Crippen LogP contribution is 2.28. The summed E-state index contributed by atoms with van der Waals surface area (Å²) >= 11 is 7.46. The number of anilines is 4. The van der Waals surface area contributed by atoms with Crippen molar-refractivity contribution in [3.63, 3.8) is 0 Å². The molecule has 0 bridgehead atoms. The Morgan fingerprint density at radius 2 is 1.94 bits per heavy atom. The van der Waals surface area contributed by atoms with Crippen LogP contribution in [-0.4, -0.2) is 71.1 Å². The third-order valence-electron chi connectivity index (χ3n) is 5.66. The number of piperazine rings is 1. The molecule has 0 unspecified atom stereocenters. The molecule has 190 valence electrons. The summed E-state index contributed by atoms with van der Waals surface area (Å²) < 4.78 is 5.04. The van der Waals surface area contributed by atoms with E-state index in [0.717, 1.165) is 44.1 Å². The number of hydrogen-bond donors (Lipinski definition) is 2. The van der Waals surface area contributed by atoms with Crippen LogP contribution in [0.1, 0.15) is 28.0 Å². The van der Waals surface area contributed by atoms with Crippen LogP contribution in [0.25, 0.3) is 0 Å². The monoisotopic (exact) mass is 529 g/mol. The largest absolute Gasteiger partial charge is 0.465 e. The lowest BCUT2D eigenvalue weighted by Gasteiger charge is -2.35. The average molecular weight is 530 g/mol. The number of thiazole rings is 1. The minimum Gasteiger partial charge on any atom is -0.465 e. The highest BCUT2D eigenvalue weighted by molar-refractivity contribution is 7.17. The molecule has 2 N–H and O–H groups in total. The highest BCUT2D eigenvalue weighted by atomic mass is 35.5. The Morgan fingerprint density at radius 3 is 2.67 bits per heavy atom.